The van der Waals surface area contributed by atoms with E-state index in [2.05, 4.69) is 25.0 Å². The second kappa shape index (κ2) is 7.00. The first-order chi connectivity index (χ1) is 14.1. The zero-order valence-corrected chi connectivity index (χ0v) is 16.6. The predicted molar refractivity (Wildman–Crippen MR) is 109 cm³/mol. The van der Waals surface area contributed by atoms with Gasteiger partial charge in [-0.3, -0.25) is 9.69 Å². The van der Waals surface area contributed by atoms with E-state index in [0.29, 0.717) is 12.2 Å². The van der Waals surface area contributed by atoms with E-state index in [-0.39, 0.29) is 5.56 Å². The standard InChI is InChI=1S/C20H23N7O2/c1-14-15(19(28)27-13-21-24(2)20(27)22-14)7-8-25-9-11-26(12-10-25)18-16-5-3-4-6-17(16)29-23-18/h3-6,13H,7-12H2,1-2H3. The fourth-order valence-electron chi connectivity index (χ4n) is 4.02. The lowest BCUT2D eigenvalue weighted by Gasteiger charge is -2.34. The first-order valence-corrected chi connectivity index (χ1v) is 9.83. The van der Waals surface area contributed by atoms with Gasteiger partial charge in [-0.1, -0.05) is 17.3 Å². The maximum absolute atomic E-state index is 12.8. The van der Waals surface area contributed by atoms with Gasteiger partial charge in [-0.25, -0.2) is 14.1 Å². The number of anilines is 1. The van der Waals surface area contributed by atoms with E-state index in [9.17, 15) is 4.79 Å². The van der Waals surface area contributed by atoms with E-state index in [0.717, 1.165) is 60.8 Å². The largest absolute Gasteiger partial charge is 0.354 e. The second-order valence-electron chi connectivity index (χ2n) is 7.49. The molecule has 9 heteroatoms. The molecule has 0 N–H and O–H groups in total. The van der Waals surface area contributed by atoms with Gasteiger partial charge in [-0.05, 0) is 25.5 Å². The number of benzene rings is 1. The van der Waals surface area contributed by atoms with Gasteiger partial charge in [0.05, 0.1) is 11.1 Å². The molecule has 9 nitrogen and oxygen atoms in total. The molecule has 1 fully saturated rings. The monoisotopic (exact) mass is 393 g/mol. The van der Waals surface area contributed by atoms with Crippen LogP contribution in [0.4, 0.5) is 5.82 Å². The van der Waals surface area contributed by atoms with Crippen LogP contribution in [0.1, 0.15) is 11.3 Å². The van der Waals surface area contributed by atoms with E-state index >= 15 is 0 Å². The van der Waals surface area contributed by atoms with Crippen molar-refractivity contribution in [2.75, 3.05) is 37.6 Å². The molecule has 0 aliphatic carbocycles. The lowest BCUT2D eigenvalue weighted by molar-refractivity contribution is 0.259. The number of fused-ring (bicyclic) bond motifs is 2. The van der Waals surface area contributed by atoms with Crippen LogP contribution in [0.25, 0.3) is 16.7 Å². The third-order valence-electron chi connectivity index (χ3n) is 5.73. The normalized spacial score (nSPS) is 15.6. The lowest BCUT2D eigenvalue weighted by Crippen LogP contribution is -2.47. The molecule has 3 aromatic heterocycles. The third-order valence-corrected chi connectivity index (χ3v) is 5.73. The minimum absolute atomic E-state index is 0.0201. The molecular formula is C20H23N7O2. The van der Waals surface area contributed by atoms with Crippen molar-refractivity contribution in [1.82, 2.24) is 29.2 Å². The van der Waals surface area contributed by atoms with E-state index in [1.807, 2.05) is 31.2 Å². The lowest BCUT2D eigenvalue weighted by atomic mass is 10.1. The summed E-state index contributed by atoms with van der Waals surface area (Å²) in [5.74, 6) is 1.49. The molecule has 29 heavy (non-hydrogen) atoms. The van der Waals surface area contributed by atoms with Crippen LogP contribution in [-0.4, -0.2) is 61.9 Å². The van der Waals surface area contributed by atoms with Gasteiger partial charge in [0, 0.05) is 45.3 Å². The summed E-state index contributed by atoms with van der Waals surface area (Å²) in [4.78, 5) is 22.0. The van der Waals surface area contributed by atoms with Gasteiger partial charge in [-0.2, -0.15) is 5.10 Å². The average molecular weight is 393 g/mol. The fraction of sp³-hybridized carbons (Fsp3) is 0.400. The molecule has 1 aliphatic rings. The number of aryl methyl sites for hydroxylation is 2. The summed E-state index contributed by atoms with van der Waals surface area (Å²) in [6.07, 6.45) is 2.22. The number of para-hydroxylation sites is 1. The molecule has 1 aromatic carbocycles. The first kappa shape index (κ1) is 17.9. The van der Waals surface area contributed by atoms with E-state index < -0.39 is 0 Å². The van der Waals surface area contributed by atoms with Crippen molar-refractivity contribution in [3.05, 3.63) is 52.2 Å². The van der Waals surface area contributed by atoms with Crippen LogP contribution in [0.5, 0.6) is 0 Å². The highest BCUT2D eigenvalue weighted by Crippen LogP contribution is 2.26. The van der Waals surface area contributed by atoms with Crippen LogP contribution >= 0.6 is 0 Å². The molecule has 0 radical (unpaired) electrons. The Kier molecular flexibility index (Phi) is 4.31. The predicted octanol–water partition coefficient (Wildman–Crippen LogP) is 1.24. The minimum Gasteiger partial charge on any atom is -0.354 e. The van der Waals surface area contributed by atoms with Crippen molar-refractivity contribution < 1.29 is 4.52 Å². The van der Waals surface area contributed by atoms with Crippen LogP contribution in [-0.2, 0) is 13.5 Å². The Bertz CT molecular complexity index is 1230. The topological polar surface area (TPSA) is 84.7 Å². The van der Waals surface area contributed by atoms with Gasteiger partial charge in [0.15, 0.2) is 11.4 Å². The van der Waals surface area contributed by atoms with Crippen molar-refractivity contribution in [2.24, 2.45) is 7.05 Å². The van der Waals surface area contributed by atoms with Gasteiger partial charge in [0.25, 0.3) is 5.56 Å². The van der Waals surface area contributed by atoms with Gasteiger partial charge in [-0.15, -0.1) is 0 Å². The van der Waals surface area contributed by atoms with Crippen molar-refractivity contribution in [3.8, 4) is 0 Å². The molecule has 4 heterocycles. The Morgan fingerprint density at radius 1 is 1.14 bits per heavy atom. The Balaban J connectivity index is 1.26. The van der Waals surface area contributed by atoms with Crippen LogP contribution in [0.3, 0.4) is 0 Å². The van der Waals surface area contributed by atoms with E-state index in [1.54, 1.807) is 11.7 Å². The van der Waals surface area contributed by atoms with E-state index in [1.165, 1.54) is 10.7 Å². The highest BCUT2D eigenvalue weighted by atomic mass is 16.5. The SMILES string of the molecule is Cc1nc2n(C)ncn2c(=O)c1CCN1CCN(c2noc3ccccc23)CC1. The number of aromatic nitrogens is 5. The molecule has 0 saturated carbocycles. The molecule has 1 saturated heterocycles. The summed E-state index contributed by atoms with van der Waals surface area (Å²) in [6.45, 7) is 6.34. The van der Waals surface area contributed by atoms with Crippen molar-refractivity contribution in [2.45, 2.75) is 13.3 Å². The van der Waals surface area contributed by atoms with E-state index in [4.69, 9.17) is 4.52 Å². The number of piperazine rings is 1. The zero-order valence-electron chi connectivity index (χ0n) is 16.6. The third kappa shape index (κ3) is 3.07. The van der Waals surface area contributed by atoms with Crippen LogP contribution < -0.4 is 10.5 Å². The molecular weight excluding hydrogens is 370 g/mol. The molecule has 5 rings (SSSR count). The summed E-state index contributed by atoms with van der Waals surface area (Å²) >= 11 is 0. The highest BCUT2D eigenvalue weighted by Gasteiger charge is 2.22. The van der Waals surface area contributed by atoms with Gasteiger partial charge >= 0.3 is 0 Å². The van der Waals surface area contributed by atoms with Gasteiger partial charge in [0.1, 0.15) is 6.33 Å². The maximum atomic E-state index is 12.8. The molecule has 0 unspecified atom stereocenters. The fourth-order valence-corrected chi connectivity index (χ4v) is 4.02. The molecule has 1 aliphatic heterocycles. The maximum Gasteiger partial charge on any atom is 0.263 e. The van der Waals surface area contributed by atoms with Crippen molar-refractivity contribution >= 4 is 22.6 Å². The Hall–Kier alpha value is -3.20. The quantitative estimate of drug-likeness (QED) is 0.516. The molecule has 4 aromatic rings. The van der Waals surface area contributed by atoms with Crippen molar-refractivity contribution in [1.29, 1.82) is 0 Å². The minimum atomic E-state index is -0.0201. The van der Waals surface area contributed by atoms with Crippen LogP contribution in [0.2, 0.25) is 0 Å². The smallest absolute Gasteiger partial charge is 0.263 e. The first-order valence-electron chi connectivity index (χ1n) is 9.83. The van der Waals surface area contributed by atoms with Crippen LogP contribution in [0, 0.1) is 6.92 Å². The average Bonchev–Trinajstić information content (AvgIpc) is 3.32. The molecule has 0 atom stereocenters. The van der Waals surface area contributed by atoms with Crippen molar-refractivity contribution in [3.63, 3.8) is 0 Å². The molecule has 0 amide bonds. The highest BCUT2D eigenvalue weighted by molar-refractivity contribution is 5.88. The summed E-state index contributed by atoms with van der Waals surface area (Å²) in [6, 6.07) is 7.95. The zero-order chi connectivity index (χ0) is 20.0. The second-order valence-corrected chi connectivity index (χ2v) is 7.49. The van der Waals surface area contributed by atoms with Crippen LogP contribution in [0.15, 0.2) is 39.9 Å². The molecule has 0 bridgehead atoms. The van der Waals surface area contributed by atoms with Gasteiger partial charge in [0.2, 0.25) is 5.78 Å². The number of nitrogens with zero attached hydrogens (tertiary/aromatic N) is 7. The number of hydrogen-bond donors (Lipinski definition) is 0. The Labute approximate surface area is 167 Å². The number of hydrogen-bond acceptors (Lipinski definition) is 7. The number of rotatable bonds is 4. The summed E-state index contributed by atoms with van der Waals surface area (Å²) in [7, 11) is 1.79. The summed E-state index contributed by atoms with van der Waals surface area (Å²) in [5.41, 5.74) is 2.35. The molecule has 0 spiro atoms. The molecule has 150 valence electrons. The van der Waals surface area contributed by atoms with Gasteiger partial charge < -0.3 is 9.42 Å². The summed E-state index contributed by atoms with van der Waals surface area (Å²) < 4.78 is 8.58. The summed E-state index contributed by atoms with van der Waals surface area (Å²) in [5, 5.41) is 9.45. The Morgan fingerprint density at radius 2 is 1.93 bits per heavy atom. The Morgan fingerprint density at radius 3 is 2.76 bits per heavy atom.